The Morgan fingerprint density at radius 2 is 2.24 bits per heavy atom. The SMILES string of the molecule is Cc1cc(NC(C)c2nccs2)c(Br)cc1N. The number of aryl methyl sites for hydroxylation is 1. The lowest BCUT2D eigenvalue weighted by Crippen LogP contribution is -2.07. The second kappa shape index (κ2) is 5.06. The van der Waals surface area contributed by atoms with Gasteiger partial charge in [-0.3, -0.25) is 0 Å². The second-order valence-corrected chi connectivity index (χ2v) is 5.71. The highest BCUT2D eigenvalue weighted by molar-refractivity contribution is 9.10. The lowest BCUT2D eigenvalue weighted by atomic mass is 10.1. The molecule has 0 saturated heterocycles. The smallest absolute Gasteiger partial charge is 0.115 e. The average molecular weight is 312 g/mol. The fraction of sp³-hybridized carbons (Fsp3) is 0.250. The predicted molar refractivity (Wildman–Crippen MR) is 77.4 cm³/mol. The Balaban J connectivity index is 2.22. The fourth-order valence-corrected chi connectivity index (χ4v) is 2.67. The van der Waals surface area contributed by atoms with Crippen LogP contribution in [-0.4, -0.2) is 4.98 Å². The van der Waals surface area contributed by atoms with Crippen molar-refractivity contribution in [1.82, 2.24) is 4.98 Å². The molecule has 0 radical (unpaired) electrons. The van der Waals surface area contributed by atoms with E-state index in [1.807, 2.05) is 30.6 Å². The Bertz CT molecular complexity index is 511. The second-order valence-electron chi connectivity index (χ2n) is 3.93. The summed E-state index contributed by atoms with van der Waals surface area (Å²) in [7, 11) is 0. The van der Waals surface area contributed by atoms with Gasteiger partial charge in [0, 0.05) is 27.4 Å². The number of nitrogen functional groups attached to an aromatic ring is 1. The number of halogens is 1. The maximum atomic E-state index is 5.85. The van der Waals surface area contributed by atoms with Crippen LogP contribution >= 0.6 is 27.3 Å². The molecule has 0 fully saturated rings. The minimum Gasteiger partial charge on any atom is -0.398 e. The Hall–Kier alpha value is -1.07. The van der Waals surface area contributed by atoms with Crippen LogP contribution in [0.5, 0.6) is 0 Å². The number of thiazole rings is 1. The number of nitrogens with zero attached hydrogens (tertiary/aromatic N) is 1. The number of benzene rings is 1. The van der Waals surface area contributed by atoms with E-state index in [-0.39, 0.29) is 6.04 Å². The molecule has 2 rings (SSSR count). The first-order chi connectivity index (χ1) is 8.08. The van der Waals surface area contributed by atoms with E-state index in [2.05, 4.69) is 33.2 Å². The molecule has 0 saturated carbocycles. The monoisotopic (exact) mass is 311 g/mol. The molecule has 1 unspecified atom stereocenters. The Kier molecular flexibility index (Phi) is 3.69. The molecule has 1 aromatic heterocycles. The van der Waals surface area contributed by atoms with Gasteiger partial charge in [-0.1, -0.05) is 0 Å². The normalized spacial score (nSPS) is 12.4. The number of nitrogens with two attached hydrogens (primary N) is 1. The topological polar surface area (TPSA) is 50.9 Å². The van der Waals surface area contributed by atoms with Crippen LogP contribution in [0.2, 0.25) is 0 Å². The standard InChI is InChI=1S/C12H14BrN3S/c1-7-5-11(9(13)6-10(7)14)16-8(2)12-15-3-4-17-12/h3-6,8,16H,14H2,1-2H3. The van der Waals surface area contributed by atoms with Crippen molar-refractivity contribution in [3.63, 3.8) is 0 Å². The fourth-order valence-electron chi connectivity index (χ4n) is 1.55. The average Bonchev–Trinajstić information content (AvgIpc) is 2.79. The summed E-state index contributed by atoms with van der Waals surface area (Å²) in [5.74, 6) is 0. The molecule has 90 valence electrons. The van der Waals surface area contributed by atoms with Gasteiger partial charge in [-0.05, 0) is 47.5 Å². The van der Waals surface area contributed by atoms with Crippen LogP contribution in [0.4, 0.5) is 11.4 Å². The lowest BCUT2D eigenvalue weighted by molar-refractivity contribution is 0.868. The van der Waals surface area contributed by atoms with Gasteiger partial charge in [0.05, 0.1) is 6.04 Å². The summed E-state index contributed by atoms with van der Waals surface area (Å²) in [6.07, 6.45) is 1.82. The van der Waals surface area contributed by atoms with E-state index in [1.54, 1.807) is 11.3 Å². The summed E-state index contributed by atoms with van der Waals surface area (Å²) < 4.78 is 0.976. The van der Waals surface area contributed by atoms with Gasteiger partial charge in [-0.25, -0.2) is 4.98 Å². The van der Waals surface area contributed by atoms with Gasteiger partial charge < -0.3 is 11.1 Å². The van der Waals surface area contributed by atoms with Crippen LogP contribution in [-0.2, 0) is 0 Å². The zero-order valence-corrected chi connectivity index (χ0v) is 12.1. The van der Waals surface area contributed by atoms with Crippen LogP contribution in [0, 0.1) is 6.92 Å². The lowest BCUT2D eigenvalue weighted by Gasteiger charge is -2.15. The first-order valence-electron chi connectivity index (χ1n) is 5.29. The molecule has 0 aliphatic heterocycles. The van der Waals surface area contributed by atoms with E-state index in [9.17, 15) is 0 Å². The summed E-state index contributed by atoms with van der Waals surface area (Å²) in [5, 5.41) is 6.48. The minimum atomic E-state index is 0.189. The third-order valence-electron chi connectivity index (χ3n) is 2.55. The number of nitrogens with one attached hydrogen (secondary N) is 1. The van der Waals surface area contributed by atoms with Gasteiger partial charge in [0.1, 0.15) is 5.01 Å². The zero-order valence-electron chi connectivity index (χ0n) is 9.70. The number of hydrogen-bond acceptors (Lipinski definition) is 4. The molecule has 2 aromatic rings. The molecule has 0 aliphatic carbocycles. The van der Waals surface area contributed by atoms with Gasteiger partial charge in [-0.15, -0.1) is 11.3 Å². The quantitative estimate of drug-likeness (QED) is 0.843. The van der Waals surface area contributed by atoms with Crippen molar-refractivity contribution in [2.45, 2.75) is 19.9 Å². The zero-order chi connectivity index (χ0) is 12.4. The summed E-state index contributed by atoms with van der Waals surface area (Å²) in [6.45, 7) is 4.10. The van der Waals surface area contributed by atoms with Crippen molar-refractivity contribution in [3.8, 4) is 0 Å². The van der Waals surface area contributed by atoms with Gasteiger partial charge >= 0.3 is 0 Å². The molecule has 1 heterocycles. The summed E-state index contributed by atoms with van der Waals surface area (Å²) >= 11 is 5.16. The maximum absolute atomic E-state index is 5.85. The molecule has 5 heteroatoms. The van der Waals surface area contributed by atoms with Crippen LogP contribution in [0.3, 0.4) is 0 Å². The molecule has 1 atom stereocenters. The number of aromatic nitrogens is 1. The first-order valence-corrected chi connectivity index (χ1v) is 6.96. The van der Waals surface area contributed by atoms with Crippen molar-refractivity contribution >= 4 is 38.6 Å². The van der Waals surface area contributed by atoms with Gasteiger partial charge in [0.2, 0.25) is 0 Å². The molecule has 0 bridgehead atoms. The van der Waals surface area contributed by atoms with Crippen molar-refractivity contribution < 1.29 is 0 Å². The van der Waals surface area contributed by atoms with Crippen molar-refractivity contribution in [1.29, 1.82) is 0 Å². The highest BCUT2D eigenvalue weighted by Gasteiger charge is 2.10. The van der Waals surface area contributed by atoms with E-state index in [0.29, 0.717) is 0 Å². The number of rotatable bonds is 3. The minimum absolute atomic E-state index is 0.189. The van der Waals surface area contributed by atoms with E-state index in [1.165, 1.54) is 0 Å². The van der Waals surface area contributed by atoms with E-state index in [0.717, 1.165) is 26.4 Å². The Morgan fingerprint density at radius 3 is 2.88 bits per heavy atom. The molecule has 0 amide bonds. The third-order valence-corrected chi connectivity index (χ3v) is 4.16. The van der Waals surface area contributed by atoms with Crippen molar-refractivity contribution in [2.75, 3.05) is 11.1 Å². The van der Waals surface area contributed by atoms with Crippen molar-refractivity contribution in [3.05, 3.63) is 38.8 Å². The van der Waals surface area contributed by atoms with Gasteiger partial charge in [0.15, 0.2) is 0 Å². The highest BCUT2D eigenvalue weighted by Crippen LogP contribution is 2.30. The van der Waals surface area contributed by atoms with E-state index < -0.39 is 0 Å². The molecule has 17 heavy (non-hydrogen) atoms. The number of anilines is 2. The Morgan fingerprint density at radius 1 is 1.47 bits per heavy atom. The molecule has 0 spiro atoms. The van der Waals surface area contributed by atoms with Crippen LogP contribution in [0.1, 0.15) is 23.5 Å². The predicted octanol–water partition coefficient (Wildman–Crippen LogP) is 3.97. The summed E-state index contributed by atoms with van der Waals surface area (Å²) in [4.78, 5) is 4.30. The molecule has 3 N–H and O–H groups in total. The van der Waals surface area contributed by atoms with Crippen LogP contribution < -0.4 is 11.1 Å². The van der Waals surface area contributed by atoms with E-state index >= 15 is 0 Å². The van der Waals surface area contributed by atoms with Gasteiger partial charge in [-0.2, -0.15) is 0 Å². The number of hydrogen-bond donors (Lipinski definition) is 2. The van der Waals surface area contributed by atoms with Crippen LogP contribution in [0.25, 0.3) is 0 Å². The third kappa shape index (κ3) is 2.79. The molecule has 0 aliphatic rings. The Labute approximate surface area is 113 Å². The molecule has 1 aromatic carbocycles. The summed E-state index contributed by atoms with van der Waals surface area (Å²) in [5.41, 5.74) is 8.75. The first kappa shape index (κ1) is 12.4. The maximum Gasteiger partial charge on any atom is 0.115 e. The highest BCUT2D eigenvalue weighted by atomic mass is 79.9. The van der Waals surface area contributed by atoms with E-state index in [4.69, 9.17) is 5.73 Å². The molecular weight excluding hydrogens is 298 g/mol. The molecular formula is C12H14BrN3S. The van der Waals surface area contributed by atoms with Crippen molar-refractivity contribution in [2.24, 2.45) is 0 Å². The van der Waals surface area contributed by atoms with Crippen LogP contribution in [0.15, 0.2) is 28.2 Å². The summed E-state index contributed by atoms with van der Waals surface area (Å²) in [6, 6.07) is 4.16. The van der Waals surface area contributed by atoms with Gasteiger partial charge in [0.25, 0.3) is 0 Å². The largest absolute Gasteiger partial charge is 0.398 e. The molecule has 3 nitrogen and oxygen atoms in total.